The van der Waals surface area contributed by atoms with E-state index in [1.807, 2.05) is 6.92 Å². The van der Waals surface area contributed by atoms with Crippen molar-refractivity contribution >= 4 is 10.0 Å². The highest BCUT2D eigenvalue weighted by atomic mass is 32.2. The van der Waals surface area contributed by atoms with Crippen molar-refractivity contribution < 1.29 is 12.8 Å². The van der Waals surface area contributed by atoms with Crippen LogP contribution in [-0.4, -0.2) is 38.4 Å². The summed E-state index contributed by atoms with van der Waals surface area (Å²) in [5, 5.41) is 12.1. The first kappa shape index (κ1) is 13.9. The molecule has 0 bridgehead atoms. The number of piperazine rings is 1. The molecule has 1 N–H and O–H groups in total. The van der Waals surface area contributed by atoms with Gasteiger partial charge in [0.25, 0.3) is 0 Å². The van der Waals surface area contributed by atoms with Crippen LogP contribution < -0.4 is 5.32 Å². The summed E-state index contributed by atoms with van der Waals surface area (Å²) in [6.45, 7) is 3.04. The molecule has 19 heavy (non-hydrogen) atoms. The fraction of sp³-hybridized carbons (Fsp3) is 0.417. The van der Waals surface area contributed by atoms with E-state index in [9.17, 15) is 12.8 Å². The summed E-state index contributed by atoms with van der Waals surface area (Å²) in [5.41, 5.74) is -0.423. The quantitative estimate of drug-likeness (QED) is 0.866. The van der Waals surface area contributed by atoms with Crippen molar-refractivity contribution in [2.24, 2.45) is 0 Å². The molecule has 1 aliphatic heterocycles. The van der Waals surface area contributed by atoms with Crippen LogP contribution in [-0.2, 0) is 10.0 Å². The van der Waals surface area contributed by atoms with Crippen molar-refractivity contribution in [3.05, 3.63) is 29.6 Å². The fourth-order valence-electron chi connectivity index (χ4n) is 2.08. The second-order valence-electron chi connectivity index (χ2n) is 4.44. The Kier molecular flexibility index (Phi) is 3.85. The number of nitrogens with zero attached hydrogens (tertiary/aromatic N) is 2. The molecule has 102 valence electrons. The maximum absolute atomic E-state index is 13.5. The molecule has 1 aromatic carbocycles. The number of sulfonamides is 1. The summed E-state index contributed by atoms with van der Waals surface area (Å²) in [6.07, 6.45) is 0. The fourth-order valence-corrected chi connectivity index (χ4v) is 3.76. The highest BCUT2D eigenvalue weighted by Gasteiger charge is 2.31. The van der Waals surface area contributed by atoms with E-state index in [1.54, 1.807) is 6.07 Å². The third-order valence-corrected chi connectivity index (χ3v) is 4.94. The number of hydrogen-bond donors (Lipinski definition) is 1. The van der Waals surface area contributed by atoms with Gasteiger partial charge in [0.1, 0.15) is 22.3 Å². The predicted octanol–water partition coefficient (Wildman–Crippen LogP) is 0.680. The maximum atomic E-state index is 13.5. The van der Waals surface area contributed by atoms with Crippen LogP contribution in [0.2, 0.25) is 0 Å². The summed E-state index contributed by atoms with van der Waals surface area (Å²) >= 11 is 0. The molecule has 0 radical (unpaired) electrons. The number of halogens is 1. The third kappa shape index (κ3) is 2.61. The van der Waals surface area contributed by atoms with Gasteiger partial charge in [-0.1, -0.05) is 6.07 Å². The monoisotopic (exact) mass is 283 g/mol. The lowest BCUT2D eigenvalue weighted by atomic mass is 10.2. The normalized spacial score (nSPS) is 21.0. The second kappa shape index (κ2) is 5.25. The molecule has 1 unspecified atom stereocenters. The molecule has 0 spiro atoms. The standard InChI is InChI=1S/C12H14FN3O2S/c1-9-8-16(6-5-15-9)19(17,18)12-4-2-3-11(13)10(12)7-14/h2-4,9,15H,5-6,8H2,1H3. The van der Waals surface area contributed by atoms with E-state index in [1.165, 1.54) is 16.4 Å². The number of rotatable bonds is 2. The Morgan fingerprint density at radius 1 is 1.53 bits per heavy atom. The molecule has 0 amide bonds. The molecule has 2 rings (SSSR count). The molecular formula is C12H14FN3O2S. The van der Waals surface area contributed by atoms with Gasteiger partial charge in [-0.2, -0.15) is 9.57 Å². The van der Waals surface area contributed by atoms with Gasteiger partial charge in [0.2, 0.25) is 10.0 Å². The first-order valence-electron chi connectivity index (χ1n) is 5.89. The highest BCUT2D eigenvalue weighted by Crippen LogP contribution is 2.22. The van der Waals surface area contributed by atoms with Gasteiger partial charge in [-0.25, -0.2) is 12.8 Å². The number of hydrogen-bond acceptors (Lipinski definition) is 4. The molecule has 7 heteroatoms. The summed E-state index contributed by atoms with van der Waals surface area (Å²) in [6, 6.07) is 5.30. The molecule has 1 saturated heterocycles. The Morgan fingerprint density at radius 2 is 2.26 bits per heavy atom. The van der Waals surface area contributed by atoms with Crippen molar-refractivity contribution in [3.8, 4) is 6.07 Å². The van der Waals surface area contributed by atoms with Crippen LogP contribution in [0.4, 0.5) is 4.39 Å². The Bertz CT molecular complexity index is 624. The van der Waals surface area contributed by atoms with Crippen molar-refractivity contribution in [1.82, 2.24) is 9.62 Å². The van der Waals surface area contributed by atoms with Crippen LogP contribution in [0.1, 0.15) is 12.5 Å². The lowest BCUT2D eigenvalue weighted by Crippen LogP contribution is -2.51. The molecule has 0 aliphatic carbocycles. The van der Waals surface area contributed by atoms with E-state index in [2.05, 4.69) is 5.32 Å². The maximum Gasteiger partial charge on any atom is 0.244 e. The van der Waals surface area contributed by atoms with Gasteiger partial charge in [0.05, 0.1) is 0 Å². The summed E-state index contributed by atoms with van der Waals surface area (Å²) < 4.78 is 39.7. The van der Waals surface area contributed by atoms with Crippen LogP contribution in [0.25, 0.3) is 0 Å². The van der Waals surface area contributed by atoms with Gasteiger partial charge in [-0.05, 0) is 19.1 Å². The zero-order chi connectivity index (χ0) is 14.0. The van der Waals surface area contributed by atoms with Crippen molar-refractivity contribution in [3.63, 3.8) is 0 Å². The summed E-state index contributed by atoms with van der Waals surface area (Å²) in [4.78, 5) is -0.260. The van der Waals surface area contributed by atoms with E-state index >= 15 is 0 Å². The molecule has 0 saturated carbocycles. The average molecular weight is 283 g/mol. The van der Waals surface area contributed by atoms with Gasteiger partial charge in [-0.3, -0.25) is 0 Å². The van der Waals surface area contributed by atoms with Crippen LogP contribution in [0.5, 0.6) is 0 Å². The van der Waals surface area contributed by atoms with Gasteiger partial charge in [0.15, 0.2) is 0 Å². The minimum absolute atomic E-state index is 0.0302. The first-order chi connectivity index (χ1) is 8.96. The third-order valence-electron chi connectivity index (χ3n) is 3.04. The molecule has 1 fully saturated rings. The van der Waals surface area contributed by atoms with E-state index in [0.29, 0.717) is 19.6 Å². The summed E-state index contributed by atoms with van der Waals surface area (Å²) in [7, 11) is -3.83. The molecule has 1 aliphatic rings. The van der Waals surface area contributed by atoms with Crippen LogP contribution in [0.15, 0.2) is 23.1 Å². The molecule has 0 aromatic heterocycles. The number of benzene rings is 1. The minimum Gasteiger partial charge on any atom is -0.312 e. The number of nitriles is 1. The zero-order valence-corrected chi connectivity index (χ0v) is 11.2. The Morgan fingerprint density at radius 3 is 2.89 bits per heavy atom. The Balaban J connectivity index is 2.46. The molecule has 1 atom stereocenters. The lowest BCUT2D eigenvalue weighted by Gasteiger charge is -2.31. The zero-order valence-electron chi connectivity index (χ0n) is 10.4. The molecule has 1 heterocycles. The first-order valence-corrected chi connectivity index (χ1v) is 7.33. The lowest BCUT2D eigenvalue weighted by molar-refractivity contribution is 0.310. The van der Waals surface area contributed by atoms with Crippen LogP contribution >= 0.6 is 0 Å². The minimum atomic E-state index is -3.83. The van der Waals surface area contributed by atoms with E-state index in [4.69, 9.17) is 5.26 Å². The van der Waals surface area contributed by atoms with E-state index in [-0.39, 0.29) is 10.9 Å². The van der Waals surface area contributed by atoms with Crippen LogP contribution in [0, 0.1) is 17.1 Å². The topological polar surface area (TPSA) is 73.2 Å². The summed E-state index contributed by atoms with van der Waals surface area (Å²) in [5.74, 6) is -0.813. The highest BCUT2D eigenvalue weighted by molar-refractivity contribution is 7.89. The van der Waals surface area contributed by atoms with Crippen LogP contribution in [0.3, 0.4) is 0 Å². The van der Waals surface area contributed by atoms with Gasteiger partial charge in [0, 0.05) is 25.7 Å². The Labute approximate surface area is 111 Å². The van der Waals surface area contributed by atoms with Crippen molar-refractivity contribution in [2.45, 2.75) is 17.9 Å². The molecule has 5 nitrogen and oxygen atoms in total. The van der Waals surface area contributed by atoms with Gasteiger partial charge >= 0.3 is 0 Å². The predicted molar refractivity (Wildman–Crippen MR) is 67.3 cm³/mol. The average Bonchev–Trinajstić information content (AvgIpc) is 2.38. The molecular weight excluding hydrogens is 269 g/mol. The van der Waals surface area contributed by atoms with Crippen molar-refractivity contribution in [1.29, 1.82) is 5.26 Å². The Hall–Kier alpha value is -1.49. The smallest absolute Gasteiger partial charge is 0.244 e. The van der Waals surface area contributed by atoms with E-state index < -0.39 is 21.4 Å². The van der Waals surface area contributed by atoms with Crippen molar-refractivity contribution in [2.75, 3.05) is 19.6 Å². The van der Waals surface area contributed by atoms with Gasteiger partial charge < -0.3 is 5.32 Å². The number of nitrogens with one attached hydrogen (secondary N) is 1. The largest absolute Gasteiger partial charge is 0.312 e. The molecule has 1 aromatic rings. The van der Waals surface area contributed by atoms with E-state index in [0.717, 1.165) is 6.07 Å². The second-order valence-corrected chi connectivity index (χ2v) is 6.35. The van der Waals surface area contributed by atoms with Gasteiger partial charge in [-0.15, -0.1) is 0 Å². The SMILES string of the molecule is CC1CN(S(=O)(=O)c2cccc(F)c2C#N)CCN1.